The smallest absolute Gasteiger partial charge is 0.245 e. The summed E-state index contributed by atoms with van der Waals surface area (Å²) in [5.41, 5.74) is 12.8. The van der Waals surface area contributed by atoms with Gasteiger partial charge in [0.25, 0.3) is 0 Å². The van der Waals surface area contributed by atoms with Crippen LogP contribution in [0.15, 0.2) is 84.9 Å². The van der Waals surface area contributed by atoms with Gasteiger partial charge in [-0.3, -0.25) is 71.9 Å². The van der Waals surface area contributed by atoms with E-state index in [1.807, 2.05) is 0 Å². The van der Waals surface area contributed by atoms with Crippen LogP contribution in [0.25, 0.3) is 0 Å². The molecule has 16 N–H and O–H groups in total. The number of nitrogens with one attached hydrogen (secondary N) is 10. The number of fused-ring (bicyclic) bond motifs is 1. The first-order chi connectivity index (χ1) is 48.0. The zero-order valence-corrected chi connectivity index (χ0v) is 60.1. The van der Waals surface area contributed by atoms with Gasteiger partial charge in [0, 0.05) is 50.7 Å². The van der Waals surface area contributed by atoms with E-state index in [-0.39, 0.29) is 38.0 Å². The minimum Gasteiger partial charge on any atom is -0.391 e. The van der Waals surface area contributed by atoms with Crippen LogP contribution in [-0.2, 0) is 91.2 Å². The number of aliphatic hydroxyl groups excluding tert-OH is 2. The van der Waals surface area contributed by atoms with Gasteiger partial charge in [0.15, 0.2) is 0 Å². The molecule has 1 unspecified atom stereocenters. The van der Waals surface area contributed by atoms with E-state index in [9.17, 15) is 82.1 Å². The lowest BCUT2D eigenvalue weighted by Gasteiger charge is -2.33. The van der Waals surface area contributed by atoms with Gasteiger partial charge >= 0.3 is 0 Å². The zero-order valence-electron chi connectivity index (χ0n) is 58.5. The van der Waals surface area contributed by atoms with Crippen molar-refractivity contribution >= 4 is 112 Å². The fourth-order valence-electron chi connectivity index (χ4n) is 11.0. The molecule has 0 bridgehead atoms. The van der Waals surface area contributed by atoms with Crippen molar-refractivity contribution in [3.63, 3.8) is 0 Å². The third-order valence-electron chi connectivity index (χ3n) is 17.3. The van der Waals surface area contributed by atoms with Gasteiger partial charge in [-0.25, -0.2) is 0 Å². The van der Waals surface area contributed by atoms with Crippen LogP contribution < -0.4 is 64.6 Å². The Balaban J connectivity index is 1.51. The first kappa shape index (κ1) is 82.9. The van der Waals surface area contributed by atoms with Crippen molar-refractivity contribution in [3.05, 3.63) is 107 Å². The maximum absolute atomic E-state index is 14.7. The number of hydrogen-bond acceptors (Lipinski definition) is 18. The first-order valence-corrected chi connectivity index (χ1v) is 34.7. The van der Waals surface area contributed by atoms with Gasteiger partial charge in [-0.05, 0) is 89.1 Å². The molecule has 0 radical (unpaired) electrons. The highest BCUT2D eigenvalue weighted by Crippen LogP contribution is 2.21. The molecule has 3 aromatic rings. The predicted molar refractivity (Wildman–Crippen MR) is 374 cm³/mol. The van der Waals surface area contributed by atoms with Crippen LogP contribution in [0.2, 0.25) is 5.02 Å². The van der Waals surface area contributed by atoms with Crippen LogP contribution in [0.3, 0.4) is 0 Å². The molecule has 102 heavy (non-hydrogen) atoms. The summed E-state index contributed by atoms with van der Waals surface area (Å²) in [6.45, 7) is 10.6. The van der Waals surface area contributed by atoms with Crippen LogP contribution >= 0.6 is 23.4 Å². The van der Waals surface area contributed by atoms with Gasteiger partial charge in [-0.15, -0.1) is 11.8 Å². The second kappa shape index (κ2) is 38.9. The number of carbonyl (C=O) groups is 15. The summed E-state index contributed by atoms with van der Waals surface area (Å²) < 4.78 is 0. The van der Waals surface area contributed by atoms with Crippen LogP contribution in [0.1, 0.15) is 91.3 Å². The number of halogens is 1. The van der Waals surface area contributed by atoms with E-state index >= 15 is 0 Å². The summed E-state index contributed by atoms with van der Waals surface area (Å²) in [6.07, 6.45) is -4.34. The Morgan fingerprint density at radius 3 is 1.42 bits per heavy atom. The maximum atomic E-state index is 14.7. The lowest BCUT2D eigenvalue weighted by atomic mass is 10.0. The van der Waals surface area contributed by atoms with E-state index in [4.69, 9.17) is 23.1 Å². The number of aliphatic hydroxyl groups is 2. The number of carbonyl (C=O) groups excluding carboxylic acids is 15. The minimum atomic E-state index is -1.89. The van der Waals surface area contributed by atoms with E-state index in [1.54, 1.807) is 86.6 Å². The van der Waals surface area contributed by atoms with E-state index in [2.05, 4.69) is 53.2 Å². The summed E-state index contributed by atoms with van der Waals surface area (Å²) in [5.74, 6) is -15.5. The Labute approximate surface area is 600 Å². The molecule has 2 saturated heterocycles. The quantitative estimate of drug-likeness (QED) is 0.0835. The average Bonchev–Trinajstić information content (AvgIpc) is 1.46. The number of nitrogens with zero attached hydrogens (tertiary/aromatic N) is 3. The van der Waals surface area contributed by atoms with Crippen molar-refractivity contribution in [2.75, 3.05) is 32.1 Å². The lowest BCUT2D eigenvalue weighted by Crippen LogP contribution is -2.63. The van der Waals surface area contributed by atoms with Crippen molar-refractivity contribution in [2.45, 2.75) is 185 Å². The largest absolute Gasteiger partial charge is 0.391 e. The first-order valence-electron chi connectivity index (χ1n) is 33.2. The van der Waals surface area contributed by atoms with Gasteiger partial charge in [-0.2, -0.15) is 0 Å². The van der Waals surface area contributed by atoms with Crippen LogP contribution in [0.5, 0.6) is 0 Å². The van der Waals surface area contributed by atoms with Crippen molar-refractivity contribution in [2.24, 2.45) is 17.4 Å². The molecular weight excluding hydrogens is 1370 g/mol. The Kier molecular flexibility index (Phi) is 31.6. The summed E-state index contributed by atoms with van der Waals surface area (Å²) in [6, 6.07) is 3.38. The SMILES string of the molecule is CC(C)C1NC(=O)[C@H](Cc2ccccc2)NC(=O)CSC[C@@H](C(N)=O)NC(=O)[C@@H]2CCCN2C(=O)[C@H](C)NC(=O)[C@H](CC(N)=O)NC(=O)[C@H](C)N(C)C(=O)[C@H](Cc2ccc(Cl)cc2)NC(=O)[C@H](C)N(C)C(=O)[C@H](Cc2ccccc2)NC(=O)[C@H]([C@@H](C)O)NC(=O)[C@H]([C@@H](C)O)NC(=O)[C@H](C)NC1=O. The lowest BCUT2D eigenvalue weighted by molar-refractivity contribution is -0.145. The van der Waals surface area contributed by atoms with Crippen molar-refractivity contribution in [1.29, 1.82) is 0 Å². The molecule has 15 atom stereocenters. The Morgan fingerprint density at radius 2 is 0.931 bits per heavy atom. The summed E-state index contributed by atoms with van der Waals surface area (Å²) >= 11 is 7.04. The summed E-state index contributed by atoms with van der Waals surface area (Å²) in [7, 11) is 2.46. The molecule has 5 rings (SSSR count). The molecular formula is C68H94ClN15O17S. The molecule has 3 aromatic carbocycles. The third-order valence-corrected chi connectivity index (χ3v) is 18.6. The molecule has 2 fully saturated rings. The van der Waals surface area contributed by atoms with Crippen LogP contribution in [0, 0.1) is 5.92 Å². The average molecular weight is 1460 g/mol. The Bertz CT molecular complexity index is 3520. The Hall–Kier alpha value is -9.73. The fraction of sp³-hybridized carbons (Fsp3) is 0.515. The molecule has 0 saturated carbocycles. The van der Waals surface area contributed by atoms with Crippen LogP contribution in [-0.4, -0.2) is 236 Å². The standard InChI is InChI=1S/C68H94ClN15O17S/c1-34(2)53-63(96)72-35(3)57(90)80-55(40(8)86)65(98)81-54(39(7)85)64(97)77-48(29-42-20-15-12-16-21-42)68(101)83(10)38(6)59(92)76-47(30-43-23-25-44(69)26-24-43)67(100)82(9)37(5)58(91)75-46(31-51(70)87)60(93)73-36(4)66(99)84-27-17-22-50(84)62(95)78-49(56(71)89)32-102-33-52(88)74-45(61(94)79-53)28-41-18-13-11-14-19-41/h11-16,18-21,23-26,34-40,45-50,53-55,85-86H,17,22,27-33H2,1-10H3,(H2,70,87)(H2,71,89)(H,72,96)(H,73,93)(H,74,88)(H,75,91)(H,76,92)(H,77,97)(H,78,95)(H,79,94)(H,80,90)(H,81,98)/t35-,36-,37-,38-,39+,40+,45-,46-,47-,48-,49-,50-,53?,54-,55-/m0/s1. The monoisotopic (exact) mass is 1460 g/mol. The Morgan fingerprint density at radius 1 is 0.500 bits per heavy atom. The number of likely N-dealkylation sites (N-methyl/N-ethyl adjacent to an activating group) is 2. The number of rotatable bonds is 12. The van der Waals surface area contributed by atoms with Gasteiger partial charge in [0.1, 0.15) is 78.5 Å². The number of amides is 15. The summed E-state index contributed by atoms with van der Waals surface area (Å²) in [5, 5.41) is 47.4. The molecule has 32 nitrogen and oxygen atoms in total. The van der Waals surface area contributed by atoms with Gasteiger partial charge in [-0.1, -0.05) is 98.2 Å². The van der Waals surface area contributed by atoms with Crippen molar-refractivity contribution in [1.82, 2.24) is 67.9 Å². The number of thioether (sulfide) groups is 1. The van der Waals surface area contributed by atoms with Gasteiger partial charge in [0.2, 0.25) is 88.6 Å². The van der Waals surface area contributed by atoms with Gasteiger partial charge < -0.3 is 89.5 Å². The number of benzene rings is 3. The molecule has 556 valence electrons. The molecule has 15 amide bonds. The van der Waals surface area contributed by atoms with Gasteiger partial charge in [0.05, 0.1) is 24.4 Å². The van der Waals surface area contributed by atoms with Crippen LogP contribution in [0.4, 0.5) is 0 Å². The highest BCUT2D eigenvalue weighted by molar-refractivity contribution is 8.00. The second-order valence-electron chi connectivity index (χ2n) is 25.7. The zero-order chi connectivity index (χ0) is 76.0. The normalized spacial score (nSPS) is 27.1. The molecule has 34 heteroatoms. The van der Waals surface area contributed by atoms with Crippen molar-refractivity contribution < 1.29 is 82.1 Å². The topological polar surface area (TPSA) is 479 Å². The molecule has 2 aliphatic rings. The highest BCUT2D eigenvalue weighted by atomic mass is 35.5. The molecule has 2 heterocycles. The van der Waals surface area contributed by atoms with E-state index in [0.717, 1.165) is 40.3 Å². The second-order valence-corrected chi connectivity index (χ2v) is 27.2. The predicted octanol–water partition coefficient (Wildman–Crippen LogP) is -3.53. The number of hydrogen-bond donors (Lipinski definition) is 14. The maximum Gasteiger partial charge on any atom is 0.245 e. The molecule has 0 spiro atoms. The third kappa shape index (κ3) is 24.2. The molecule has 0 aromatic heterocycles. The van der Waals surface area contributed by atoms with E-state index in [1.165, 1.54) is 53.9 Å². The fourth-order valence-corrected chi connectivity index (χ4v) is 12.0. The molecule has 2 aliphatic heterocycles. The van der Waals surface area contributed by atoms with E-state index in [0.29, 0.717) is 28.1 Å². The number of nitrogens with two attached hydrogens (primary N) is 2. The summed E-state index contributed by atoms with van der Waals surface area (Å²) in [4.78, 5) is 213. The van der Waals surface area contributed by atoms with Crippen molar-refractivity contribution in [3.8, 4) is 0 Å². The minimum absolute atomic E-state index is 0.0175. The van der Waals surface area contributed by atoms with E-state index < -0.39 is 197 Å². The highest BCUT2D eigenvalue weighted by Gasteiger charge is 2.42. The molecule has 0 aliphatic carbocycles. The number of primary amides is 2.